The zero-order chi connectivity index (χ0) is 13.2. The molecule has 1 aromatic carbocycles. The van der Waals surface area contributed by atoms with Crippen molar-refractivity contribution in [2.45, 2.75) is 38.6 Å². The van der Waals surface area contributed by atoms with Crippen molar-refractivity contribution < 1.29 is 4.79 Å². The van der Waals surface area contributed by atoms with Gasteiger partial charge in [0.1, 0.15) is 0 Å². The molecule has 0 spiro atoms. The van der Waals surface area contributed by atoms with Crippen molar-refractivity contribution in [3.63, 3.8) is 0 Å². The summed E-state index contributed by atoms with van der Waals surface area (Å²) in [6, 6.07) is 6.05. The maximum absolute atomic E-state index is 11.2. The molecule has 0 atom stereocenters. The Balaban J connectivity index is 1.97. The van der Waals surface area contributed by atoms with Gasteiger partial charge in [0.2, 0.25) is 5.91 Å². The van der Waals surface area contributed by atoms with Gasteiger partial charge >= 0.3 is 0 Å². The van der Waals surface area contributed by atoms with E-state index in [-0.39, 0.29) is 11.4 Å². The molecule has 3 nitrogen and oxygen atoms in total. The number of carbonyl (C=O) groups excluding carboxylic acids is 1. The Labute approximate surface area is 108 Å². The number of carbonyl (C=O) groups is 1. The standard InChI is InChI=1S/C15H20N2O/c1-15(2,16)8-4-3-5-11-6-7-13-12(9-11)10-14(18)17-13/h3,5-7,9H,4,8,10,16H2,1-2H3,(H,17,18)/b5-3+. The second kappa shape index (κ2) is 4.94. The first-order valence-electron chi connectivity index (χ1n) is 6.32. The highest BCUT2D eigenvalue weighted by Crippen LogP contribution is 2.24. The molecular formula is C15H20N2O. The van der Waals surface area contributed by atoms with Gasteiger partial charge in [-0.1, -0.05) is 18.2 Å². The molecule has 1 heterocycles. The summed E-state index contributed by atoms with van der Waals surface area (Å²) in [6.45, 7) is 4.07. The van der Waals surface area contributed by atoms with Crippen molar-refractivity contribution in [3.8, 4) is 0 Å². The average Bonchev–Trinajstić information content (AvgIpc) is 2.62. The Kier molecular flexibility index (Phi) is 3.53. The van der Waals surface area contributed by atoms with E-state index < -0.39 is 0 Å². The SMILES string of the molecule is CC(C)(N)CC/C=C/c1ccc2c(c1)CC(=O)N2. The van der Waals surface area contributed by atoms with Crippen LogP contribution >= 0.6 is 0 Å². The summed E-state index contributed by atoms with van der Waals surface area (Å²) in [4.78, 5) is 11.2. The van der Waals surface area contributed by atoms with Crippen LogP contribution in [0.4, 0.5) is 5.69 Å². The number of anilines is 1. The van der Waals surface area contributed by atoms with Gasteiger partial charge in [0.05, 0.1) is 6.42 Å². The van der Waals surface area contributed by atoms with Gasteiger partial charge in [-0.05, 0) is 49.9 Å². The molecule has 0 bridgehead atoms. The van der Waals surface area contributed by atoms with E-state index in [2.05, 4.69) is 23.5 Å². The minimum atomic E-state index is -0.112. The van der Waals surface area contributed by atoms with Gasteiger partial charge in [0.15, 0.2) is 0 Å². The second-order valence-electron chi connectivity index (χ2n) is 5.57. The van der Waals surface area contributed by atoms with Crippen LogP contribution in [0.1, 0.15) is 37.8 Å². The number of nitrogens with one attached hydrogen (secondary N) is 1. The van der Waals surface area contributed by atoms with Crippen LogP contribution in [0.3, 0.4) is 0 Å². The normalized spacial score (nSPS) is 14.9. The molecule has 1 amide bonds. The van der Waals surface area contributed by atoms with Gasteiger partial charge in [-0.15, -0.1) is 0 Å². The third-order valence-electron chi connectivity index (χ3n) is 3.02. The van der Waals surface area contributed by atoms with E-state index >= 15 is 0 Å². The summed E-state index contributed by atoms with van der Waals surface area (Å²) in [6.07, 6.45) is 6.66. The first kappa shape index (κ1) is 12.8. The van der Waals surface area contributed by atoms with Crippen LogP contribution in [0.25, 0.3) is 6.08 Å². The van der Waals surface area contributed by atoms with Gasteiger partial charge in [0, 0.05) is 11.2 Å². The molecule has 0 saturated carbocycles. The fraction of sp³-hybridized carbons (Fsp3) is 0.400. The van der Waals surface area contributed by atoms with Crippen LogP contribution in [-0.4, -0.2) is 11.4 Å². The molecule has 3 N–H and O–H groups in total. The topological polar surface area (TPSA) is 55.1 Å². The number of amides is 1. The predicted molar refractivity (Wildman–Crippen MR) is 75.3 cm³/mol. The lowest BCUT2D eigenvalue weighted by molar-refractivity contribution is -0.115. The third-order valence-corrected chi connectivity index (χ3v) is 3.02. The molecular weight excluding hydrogens is 224 g/mol. The third kappa shape index (κ3) is 3.44. The number of hydrogen-bond donors (Lipinski definition) is 2. The molecule has 0 saturated heterocycles. The van der Waals surface area contributed by atoms with Crippen LogP contribution in [-0.2, 0) is 11.2 Å². The van der Waals surface area contributed by atoms with E-state index in [0.29, 0.717) is 6.42 Å². The van der Waals surface area contributed by atoms with Gasteiger partial charge < -0.3 is 11.1 Å². The van der Waals surface area contributed by atoms with E-state index in [1.54, 1.807) is 0 Å². The van der Waals surface area contributed by atoms with Crippen molar-refractivity contribution >= 4 is 17.7 Å². The fourth-order valence-electron chi connectivity index (χ4n) is 2.03. The van der Waals surface area contributed by atoms with E-state index in [1.165, 1.54) is 0 Å². The highest BCUT2D eigenvalue weighted by atomic mass is 16.1. The Morgan fingerprint density at radius 3 is 2.94 bits per heavy atom. The number of nitrogens with two attached hydrogens (primary N) is 1. The highest BCUT2D eigenvalue weighted by molar-refractivity contribution is 5.99. The first-order valence-corrected chi connectivity index (χ1v) is 6.32. The fourth-order valence-corrected chi connectivity index (χ4v) is 2.03. The Morgan fingerprint density at radius 2 is 2.22 bits per heavy atom. The smallest absolute Gasteiger partial charge is 0.228 e. The number of hydrogen-bond acceptors (Lipinski definition) is 2. The number of benzene rings is 1. The predicted octanol–water partition coefficient (Wildman–Crippen LogP) is 2.71. The number of fused-ring (bicyclic) bond motifs is 1. The van der Waals surface area contributed by atoms with Crippen LogP contribution in [0.5, 0.6) is 0 Å². The lowest BCUT2D eigenvalue weighted by atomic mass is 9.99. The molecule has 3 heteroatoms. The maximum atomic E-state index is 11.2. The molecule has 18 heavy (non-hydrogen) atoms. The first-order chi connectivity index (χ1) is 8.44. The number of rotatable bonds is 4. The van der Waals surface area contributed by atoms with Crippen LogP contribution in [0.15, 0.2) is 24.3 Å². The van der Waals surface area contributed by atoms with E-state index in [0.717, 1.165) is 29.7 Å². The number of allylic oxidation sites excluding steroid dienone is 1. The lowest BCUT2D eigenvalue weighted by Crippen LogP contribution is -2.31. The van der Waals surface area contributed by atoms with Crippen LogP contribution in [0, 0.1) is 0 Å². The lowest BCUT2D eigenvalue weighted by Gasteiger charge is -2.16. The zero-order valence-electron chi connectivity index (χ0n) is 11.0. The van der Waals surface area contributed by atoms with Crippen molar-refractivity contribution in [3.05, 3.63) is 35.4 Å². The van der Waals surface area contributed by atoms with Crippen molar-refractivity contribution in [2.24, 2.45) is 5.73 Å². The largest absolute Gasteiger partial charge is 0.326 e. The molecule has 1 aliphatic heterocycles. The summed E-state index contributed by atoms with van der Waals surface area (Å²) in [5.74, 6) is 0.0796. The van der Waals surface area contributed by atoms with Crippen LogP contribution < -0.4 is 11.1 Å². The summed E-state index contributed by atoms with van der Waals surface area (Å²) in [7, 11) is 0. The summed E-state index contributed by atoms with van der Waals surface area (Å²) in [5, 5.41) is 2.83. The van der Waals surface area contributed by atoms with E-state index in [9.17, 15) is 4.79 Å². The molecule has 2 rings (SSSR count). The zero-order valence-corrected chi connectivity index (χ0v) is 11.0. The Morgan fingerprint density at radius 1 is 1.44 bits per heavy atom. The molecule has 0 radical (unpaired) electrons. The van der Waals surface area contributed by atoms with Crippen LogP contribution in [0.2, 0.25) is 0 Å². The van der Waals surface area contributed by atoms with Gasteiger partial charge in [-0.25, -0.2) is 0 Å². The highest BCUT2D eigenvalue weighted by Gasteiger charge is 2.16. The maximum Gasteiger partial charge on any atom is 0.228 e. The molecule has 96 valence electrons. The Bertz CT molecular complexity index is 484. The van der Waals surface area contributed by atoms with Crippen molar-refractivity contribution in [2.75, 3.05) is 5.32 Å². The monoisotopic (exact) mass is 244 g/mol. The van der Waals surface area contributed by atoms with E-state index in [1.807, 2.05) is 26.0 Å². The van der Waals surface area contributed by atoms with Gasteiger partial charge in [-0.3, -0.25) is 4.79 Å². The quantitative estimate of drug-likeness (QED) is 0.855. The Hall–Kier alpha value is -1.61. The summed E-state index contributed by atoms with van der Waals surface area (Å²) < 4.78 is 0. The van der Waals surface area contributed by atoms with Crippen molar-refractivity contribution in [1.29, 1.82) is 0 Å². The average molecular weight is 244 g/mol. The molecule has 0 unspecified atom stereocenters. The van der Waals surface area contributed by atoms with Gasteiger partial charge in [-0.2, -0.15) is 0 Å². The molecule has 0 aromatic heterocycles. The molecule has 0 fully saturated rings. The van der Waals surface area contributed by atoms with Gasteiger partial charge in [0.25, 0.3) is 0 Å². The van der Waals surface area contributed by atoms with E-state index in [4.69, 9.17) is 5.73 Å². The minimum absolute atomic E-state index is 0.0796. The summed E-state index contributed by atoms with van der Waals surface area (Å²) in [5.41, 5.74) is 8.98. The second-order valence-corrected chi connectivity index (χ2v) is 5.57. The molecule has 1 aliphatic rings. The summed E-state index contributed by atoms with van der Waals surface area (Å²) >= 11 is 0. The molecule has 0 aliphatic carbocycles. The van der Waals surface area contributed by atoms with Crippen molar-refractivity contribution in [1.82, 2.24) is 0 Å². The molecule has 1 aromatic rings. The minimum Gasteiger partial charge on any atom is -0.326 e.